The van der Waals surface area contributed by atoms with E-state index in [2.05, 4.69) is 33.5 Å². The molecule has 0 spiro atoms. The summed E-state index contributed by atoms with van der Waals surface area (Å²) in [4.78, 5) is 114. The lowest BCUT2D eigenvalue weighted by Gasteiger charge is -2.34. The molecule has 5 rings (SSSR count). The molecule has 27 nitrogen and oxygen atoms in total. The Kier molecular flexibility index (Phi) is 23.5. The van der Waals surface area contributed by atoms with Crippen LogP contribution in [0.15, 0.2) is 48.5 Å². The molecule has 3 aliphatic heterocycles. The van der Waals surface area contributed by atoms with Crippen LogP contribution in [-0.2, 0) is 38.3 Å². The van der Waals surface area contributed by atoms with Gasteiger partial charge in [0.05, 0.1) is 44.1 Å². The van der Waals surface area contributed by atoms with E-state index in [1.807, 2.05) is 0 Å². The number of nitrogens with one attached hydrogen (secondary N) is 5. The molecule has 0 bridgehead atoms. The zero-order chi connectivity index (χ0) is 57.4. The largest absolute Gasteiger partial charge is 0.508 e. The summed E-state index contributed by atoms with van der Waals surface area (Å²) >= 11 is 0. The summed E-state index contributed by atoms with van der Waals surface area (Å²) in [6.07, 6.45) is -11.8. The van der Waals surface area contributed by atoms with Gasteiger partial charge in [-0.05, 0) is 61.7 Å². The van der Waals surface area contributed by atoms with E-state index < -0.39 is 165 Å². The van der Waals surface area contributed by atoms with Crippen LogP contribution in [0.5, 0.6) is 11.5 Å². The molecule has 0 aromatic heterocycles. The smallest absolute Gasteiger partial charge is 0.251 e. The number of hydrogen-bond acceptors (Lipinski definition) is 19. The lowest BCUT2D eigenvalue weighted by molar-refractivity contribution is -0.150. The molecule has 2 aromatic rings. The Labute approximate surface area is 450 Å². The highest BCUT2D eigenvalue weighted by atomic mass is 16.5. The van der Waals surface area contributed by atoms with Crippen LogP contribution in [0.2, 0.25) is 0 Å². The van der Waals surface area contributed by atoms with Crippen LogP contribution in [0, 0.1) is 0 Å². The number of carbonyl (C=O) groups excluding carboxylic acids is 8. The number of amides is 8. The van der Waals surface area contributed by atoms with Crippen LogP contribution >= 0.6 is 0 Å². The fraction of sp³-hybridized carbons (Fsp3) is 0.608. The summed E-state index contributed by atoms with van der Waals surface area (Å²) in [5, 5.41) is 101. The number of nitrogens with two attached hydrogens (primary N) is 2. The quantitative estimate of drug-likeness (QED) is 0.0556. The maximum atomic E-state index is 14.6. The molecule has 432 valence electrons. The molecule has 3 saturated heterocycles. The molecule has 3 heterocycles. The molecule has 78 heavy (non-hydrogen) atoms. The van der Waals surface area contributed by atoms with Gasteiger partial charge in [-0.25, -0.2) is 0 Å². The van der Waals surface area contributed by atoms with Gasteiger partial charge in [-0.1, -0.05) is 51.2 Å². The third-order valence-electron chi connectivity index (χ3n) is 13.7. The van der Waals surface area contributed by atoms with E-state index in [0.29, 0.717) is 12.4 Å². The summed E-state index contributed by atoms with van der Waals surface area (Å²) < 4.78 is 11.5. The first-order chi connectivity index (χ1) is 37.1. The standard InChI is InChI=1S/C51H75N9O18/c1-3-4-5-6-7-8-20-77-31-15-11-28(12-16-31)44(70)54-32-23-36(66)49(78-21-18-52)58-48(74)41-34(64)17-19-59(41)51(76)39(35(65)24-37(53)67)56-47(73)40(43(69)42(68)27-9-13-29(62)14-10-27)57-46(72)33-22-30(63)25-60(33)50(75)38(26(2)61)55-45(32)71/h9-16,26,30,32-36,38-43,49,61-66,68-69H,3-8,17-25,52H2,1-2H3,(H2,53,67)(H,54,70)(H,55,71)(H,56,73)(H,57,72)(H,58,74)/t26-,30?,32+,33?,34+,35+,36+,38?,39?,40?,41?,42+,43+,49-/m1/s1. The zero-order valence-electron chi connectivity index (χ0n) is 43.5. The highest BCUT2D eigenvalue weighted by Crippen LogP contribution is 2.26. The van der Waals surface area contributed by atoms with E-state index in [-0.39, 0.29) is 36.4 Å². The van der Waals surface area contributed by atoms with Gasteiger partial charge in [-0.3, -0.25) is 38.4 Å². The van der Waals surface area contributed by atoms with Crippen molar-refractivity contribution in [2.24, 2.45) is 11.5 Å². The lowest BCUT2D eigenvalue weighted by Crippen LogP contribution is -2.64. The predicted molar refractivity (Wildman–Crippen MR) is 273 cm³/mol. The molecular weight excluding hydrogens is 1030 g/mol. The Balaban J connectivity index is 1.57. The molecular formula is C51H75N9O18. The normalized spacial score (nSPS) is 27.4. The summed E-state index contributed by atoms with van der Waals surface area (Å²) in [7, 11) is 0. The average molecular weight is 1100 g/mol. The van der Waals surface area contributed by atoms with Gasteiger partial charge in [0, 0.05) is 38.0 Å². The number of aromatic hydroxyl groups is 1. The van der Waals surface area contributed by atoms with Crippen molar-refractivity contribution in [1.29, 1.82) is 0 Å². The minimum Gasteiger partial charge on any atom is -0.508 e. The van der Waals surface area contributed by atoms with Crippen LogP contribution in [0.3, 0.4) is 0 Å². The van der Waals surface area contributed by atoms with E-state index in [4.69, 9.17) is 20.9 Å². The number of aliphatic hydroxyl groups excluding tert-OH is 7. The number of carbonyl (C=O) groups is 8. The second kappa shape index (κ2) is 29.4. The molecule has 3 fully saturated rings. The third-order valence-corrected chi connectivity index (χ3v) is 13.7. The number of phenolic OH excluding ortho intramolecular Hbond substituents is 1. The number of benzene rings is 2. The summed E-state index contributed by atoms with van der Waals surface area (Å²) in [5.74, 6) is -9.61. The number of rotatable bonds is 20. The fourth-order valence-electron chi connectivity index (χ4n) is 9.42. The van der Waals surface area contributed by atoms with E-state index in [9.17, 15) is 79.2 Å². The van der Waals surface area contributed by atoms with Crippen LogP contribution in [0.1, 0.15) is 100 Å². The van der Waals surface area contributed by atoms with Crippen LogP contribution in [-0.4, -0.2) is 210 Å². The monoisotopic (exact) mass is 1100 g/mol. The first-order valence-electron chi connectivity index (χ1n) is 26.1. The molecule has 0 aliphatic carbocycles. The maximum Gasteiger partial charge on any atom is 0.251 e. The minimum atomic E-state index is -2.37. The number of hydrogen-bond donors (Lipinski definition) is 15. The number of nitrogens with zero attached hydrogens (tertiary/aromatic N) is 2. The van der Waals surface area contributed by atoms with E-state index in [1.165, 1.54) is 24.3 Å². The Hall–Kier alpha value is -6.56. The number of aliphatic hydroxyl groups is 7. The van der Waals surface area contributed by atoms with Gasteiger partial charge in [-0.15, -0.1) is 0 Å². The van der Waals surface area contributed by atoms with Crippen LogP contribution in [0.25, 0.3) is 0 Å². The zero-order valence-corrected chi connectivity index (χ0v) is 43.5. The highest BCUT2D eigenvalue weighted by molar-refractivity contribution is 6.00. The van der Waals surface area contributed by atoms with Gasteiger partial charge in [0.25, 0.3) is 5.91 Å². The van der Waals surface area contributed by atoms with Gasteiger partial charge in [0.2, 0.25) is 41.4 Å². The van der Waals surface area contributed by atoms with Gasteiger partial charge >= 0.3 is 0 Å². The van der Waals surface area contributed by atoms with Crippen molar-refractivity contribution in [3.63, 3.8) is 0 Å². The average Bonchev–Trinajstić information content (AvgIpc) is 4.00. The van der Waals surface area contributed by atoms with Crippen molar-refractivity contribution in [3.8, 4) is 11.5 Å². The molecule has 2 aromatic carbocycles. The van der Waals surface area contributed by atoms with Crippen molar-refractivity contribution in [2.45, 2.75) is 163 Å². The van der Waals surface area contributed by atoms with Crippen molar-refractivity contribution in [2.75, 3.05) is 32.8 Å². The van der Waals surface area contributed by atoms with E-state index >= 15 is 0 Å². The molecule has 3 aliphatic rings. The number of ether oxygens (including phenoxy) is 2. The van der Waals surface area contributed by atoms with E-state index in [1.54, 1.807) is 0 Å². The Bertz CT molecular complexity index is 2370. The van der Waals surface area contributed by atoms with Gasteiger partial charge in [-0.2, -0.15) is 0 Å². The molecule has 17 N–H and O–H groups in total. The first-order valence-corrected chi connectivity index (χ1v) is 26.1. The summed E-state index contributed by atoms with van der Waals surface area (Å²) in [6.45, 7) is 2.05. The Morgan fingerprint density at radius 3 is 2.01 bits per heavy atom. The molecule has 8 amide bonds. The third kappa shape index (κ3) is 16.7. The van der Waals surface area contributed by atoms with Crippen LogP contribution < -0.4 is 42.8 Å². The van der Waals surface area contributed by atoms with Gasteiger partial charge < -0.3 is 98.2 Å². The first kappa shape index (κ1) is 62.3. The Morgan fingerprint density at radius 1 is 0.744 bits per heavy atom. The van der Waals surface area contributed by atoms with Gasteiger partial charge in [0.15, 0.2) is 6.23 Å². The maximum absolute atomic E-state index is 14.6. The SMILES string of the molecule is CCCCCCCCOc1ccc(C(=O)N[C@H]2C[C@H](O)[C@@H](OCCN)NC(=O)C3[C@@H](O)CCN3C(=O)C([C@@H](O)CC(N)=O)NC(=O)C([C@H](O)[C@@H](O)c3ccc(O)cc3)NC(=O)C3CC(O)CN3C(=O)C([C@@H](C)O)NC2=O)cc1. The number of phenols is 1. The number of unbranched alkanes of at least 4 members (excludes halogenated alkanes) is 5. The van der Waals surface area contributed by atoms with Crippen LogP contribution in [0.4, 0.5) is 0 Å². The second-order valence-corrected chi connectivity index (χ2v) is 19.8. The predicted octanol–water partition coefficient (Wildman–Crippen LogP) is -4.50. The van der Waals surface area contributed by atoms with Crippen molar-refractivity contribution in [1.82, 2.24) is 36.4 Å². The molecule has 6 unspecified atom stereocenters. The fourth-order valence-corrected chi connectivity index (χ4v) is 9.42. The number of primary amides is 1. The Morgan fingerprint density at radius 2 is 1.37 bits per heavy atom. The lowest BCUT2D eigenvalue weighted by atomic mass is 9.96. The molecule has 14 atom stereocenters. The summed E-state index contributed by atoms with van der Waals surface area (Å²) in [6, 6.07) is -1.63. The van der Waals surface area contributed by atoms with Crippen molar-refractivity contribution in [3.05, 3.63) is 59.7 Å². The van der Waals surface area contributed by atoms with Crippen molar-refractivity contribution < 1.29 is 88.7 Å². The van der Waals surface area contributed by atoms with Crippen molar-refractivity contribution >= 4 is 47.3 Å². The molecule has 0 saturated carbocycles. The highest BCUT2D eigenvalue weighted by Gasteiger charge is 2.49. The summed E-state index contributed by atoms with van der Waals surface area (Å²) in [5.41, 5.74) is 11.0. The second-order valence-electron chi connectivity index (χ2n) is 19.8. The molecule has 0 radical (unpaired) electrons. The van der Waals surface area contributed by atoms with Gasteiger partial charge in [0.1, 0.15) is 66.1 Å². The van der Waals surface area contributed by atoms with E-state index in [0.717, 1.165) is 79.5 Å². The number of fused-ring (bicyclic) bond motifs is 2. The minimum absolute atomic E-state index is 0.00469. The topological polar surface area (TPSA) is 436 Å². The molecule has 27 heteroatoms.